The standard InChI is InChI=1S/C19H21N3O5/c1-12-6-5-7-15(10-12)20-18(23)13(2)27-19(24)14-8-9-16(21(3)4)17(11-14)22(25)26/h5-11,13H,1-4H3,(H,20,23)/t13-/m1/s1. The average Bonchev–Trinajstić information content (AvgIpc) is 2.60. The first-order valence-electron chi connectivity index (χ1n) is 8.23. The molecule has 1 N–H and O–H groups in total. The average molecular weight is 371 g/mol. The maximum absolute atomic E-state index is 12.3. The van der Waals surface area contributed by atoms with Crippen molar-refractivity contribution in [3.8, 4) is 0 Å². The van der Waals surface area contributed by atoms with E-state index in [9.17, 15) is 19.7 Å². The summed E-state index contributed by atoms with van der Waals surface area (Å²) in [6.45, 7) is 3.33. The number of rotatable bonds is 6. The van der Waals surface area contributed by atoms with Crippen molar-refractivity contribution in [3.63, 3.8) is 0 Å². The second-order valence-electron chi connectivity index (χ2n) is 6.26. The van der Waals surface area contributed by atoms with Crippen LogP contribution in [0.5, 0.6) is 0 Å². The minimum atomic E-state index is -1.06. The van der Waals surface area contributed by atoms with Crippen molar-refractivity contribution >= 4 is 28.9 Å². The summed E-state index contributed by atoms with van der Waals surface area (Å²) in [7, 11) is 3.33. The van der Waals surface area contributed by atoms with Crippen molar-refractivity contribution in [2.24, 2.45) is 0 Å². The van der Waals surface area contributed by atoms with E-state index in [1.54, 1.807) is 37.2 Å². The van der Waals surface area contributed by atoms with Crippen LogP contribution in [0.4, 0.5) is 17.1 Å². The summed E-state index contributed by atoms with van der Waals surface area (Å²) >= 11 is 0. The zero-order valence-corrected chi connectivity index (χ0v) is 15.6. The number of ether oxygens (including phenoxy) is 1. The number of nitrogens with one attached hydrogen (secondary N) is 1. The smallest absolute Gasteiger partial charge is 0.339 e. The summed E-state index contributed by atoms with van der Waals surface area (Å²) in [5.41, 5.74) is 1.72. The molecule has 0 aromatic heterocycles. The third-order valence-electron chi connectivity index (χ3n) is 3.83. The van der Waals surface area contributed by atoms with Crippen molar-refractivity contribution < 1.29 is 19.2 Å². The minimum absolute atomic E-state index is 0.00232. The van der Waals surface area contributed by atoms with E-state index in [-0.39, 0.29) is 11.3 Å². The number of aryl methyl sites for hydroxylation is 1. The zero-order valence-electron chi connectivity index (χ0n) is 15.6. The van der Waals surface area contributed by atoms with E-state index in [1.165, 1.54) is 19.1 Å². The Hall–Kier alpha value is -3.42. The van der Waals surface area contributed by atoms with Gasteiger partial charge >= 0.3 is 5.97 Å². The third kappa shape index (κ3) is 5.04. The van der Waals surface area contributed by atoms with Gasteiger partial charge < -0.3 is 15.0 Å². The first-order chi connectivity index (χ1) is 12.7. The quantitative estimate of drug-likeness (QED) is 0.475. The molecule has 0 aliphatic rings. The van der Waals surface area contributed by atoms with Gasteiger partial charge in [-0.25, -0.2) is 4.79 Å². The van der Waals surface area contributed by atoms with Crippen LogP contribution in [0.3, 0.4) is 0 Å². The van der Waals surface area contributed by atoms with E-state index in [2.05, 4.69) is 5.32 Å². The summed E-state index contributed by atoms with van der Waals surface area (Å²) in [6.07, 6.45) is -1.06. The highest BCUT2D eigenvalue weighted by molar-refractivity contribution is 5.97. The Labute approximate surface area is 156 Å². The number of nitro groups is 1. The maximum atomic E-state index is 12.3. The number of amides is 1. The Morgan fingerprint density at radius 2 is 1.89 bits per heavy atom. The number of hydrogen-bond donors (Lipinski definition) is 1. The topological polar surface area (TPSA) is 102 Å². The van der Waals surface area contributed by atoms with Gasteiger partial charge in [-0.1, -0.05) is 12.1 Å². The monoisotopic (exact) mass is 371 g/mol. The summed E-state index contributed by atoms with van der Waals surface area (Å²) < 4.78 is 5.15. The lowest BCUT2D eigenvalue weighted by atomic mass is 10.1. The molecule has 0 fully saturated rings. The SMILES string of the molecule is Cc1cccc(NC(=O)[C@@H](C)OC(=O)c2ccc(N(C)C)c([N+](=O)[O-])c2)c1. The Kier molecular flexibility index (Phi) is 6.12. The lowest BCUT2D eigenvalue weighted by Gasteiger charge is -2.15. The second-order valence-corrected chi connectivity index (χ2v) is 6.26. The molecule has 8 heteroatoms. The van der Waals surface area contributed by atoms with Crippen molar-refractivity contribution in [1.82, 2.24) is 0 Å². The molecule has 27 heavy (non-hydrogen) atoms. The van der Waals surface area contributed by atoms with Gasteiger partial charge in [0, 0.05) is 25.8 Å². The molecule has 0 heterocycles. The van der Waals surface area contributed by atoms with Crippen molar-refractivity contribution in [2.45, 2.75) is 20.0 Å². The number of carbonyl (C=O) groups is 2. The Bertz CT molecular complexity index is 879. The van der Waals surface area contributed by atoms with E-state index < -0.39 is 22.9 Å². The highest BCUT2D eigenvalue weighted by atomic mass is 16.6. The lowest BCUT2D eigenvalue weighted by Crippen LogP contribution is -2.30. The van der Waals surface area contributed by atoms with E-state index in [4.69, 9.17) is 4.74 Å². The van der Waals surface area contributed by atoms with Gasteiger partial charge in [0.05, 0.1) is 10.5 Å². The first kappa shape index (κ1) is 19.9. The molecule has 2 aromatic rings. The van der Waals surface area contributed by atoms with Crippen molar-refractivity contribution in [1.29, 1.82) is 0 Å². The van der Waals surface area contributed by atoms with E-state index in [0.717, 1.165) is 11.6 Å². The summed E-state index contributed by atoms with van der Waals surface area (Å²) in [4.78, 5) is 36.7. The van der Waals surface area contributed by atoms with Gasteiger partial charge in [0.15, 0.2) is 6.10 Å². The predicted octanol–water partition coefficient (Wildman–Crippen LogP) is 3.15. The number of benzene rings is 2. The molecule has 0 aliphatic heterocycles. The number of nitrogens with zero attached hydrogens (tertiary/aromatic N) is 2. The lowest BCUT2D eigenvalue weighted by molar-refractivity contribution is -0.384. The highest BCUT2D eigenvalue weighted by Crippen LogP contribution is 2.28. The molecule has 0 saturated heterocycles. The molecule has 8 nitrogen and oxygen atoms in total. The number of anilines is 2. The Morgan fingerprint density at radius 3 is 2.48 bits per heavy atom. The number of esters is 1. The third-order valence-corrected chi connectivity index (χ3v) is 3.83. The van der Waals surface area contributed by atoms with Gasteiger partial charge in [0.25, 0.3) is 11.6 Å². The van der Waals surface area contributed by atoms with Crippen molar-refractivity contribution in [3.05, 3.63) is 63.7 Å². The Balaban J connectivity index is 2.10. The molecule has 142 valence electrons. The molecule has 0 saturated carbocycles. The number of nitro benzene ring substituents is 1. The molecule has 0 radical (unpaired) electrons. The highest BCUT2D eigenvalue weighted by Gasteiger charge is 2.23. The fourth-order valence-corrected chi connectivity index (χ4v) is 2.42. The molecular weight excluding hydrogens is 350 g/mol. The van der Waals surface area contributed by atoms with Gasteiger partial charge in [-0.15, -0.1) is 0 Å². The molecule has 2 aromatic carbocycles. The predicted molar refractivity (Wildman–Crippen MR) is 102 cm³/mol. The van der Waals surface area contributed by atoms with Crippen molar-refractivity contribution in [2.75, 3.05) is 24.3 Å². The van der Waals surface area contributed by atoms with Gasteiger partial charge in [0.1, 0.15) is 5.69 Å². The molecule has 0 bridgehead atoms. The second kappa shape index (κ2) is 8.31. The Morgan fingerprint density at radius 1 is 1.19 bits per heavy atom. The fraction of sp³-hybridized carbons (Fsp3) is 0.263. The summed E-state index contributed by atoms with van der Waals surface area (Å²) in [5.74, 6) is -1.30. The molecule has 2 rings (SSSR count). The largest absolute Gasteiger partial charge is 0.449 e. The van der Waals surface area contributed by atoms with Gasteiger partial charge in [-0.05, 0) is 43.7 Å². The van der Waals surface area contributed by atoms with Gasteiger partial charge in [-0.3, -0.25) is 14.9 Å². The molecule has 0 spiro atoms. The van der Waals surface area contributed by atoms with Crippen LogP contribution in [0.2, 0.25) is 0 Å². The maximum Gasteiger partial charge on any atom is 0.339 e. The molecule has 0 aliphatic carbocycles. The normalized spacial score (nSPS) is 11.4. The van der Waals surface area contributed by atoms with Crippen LogP contribution in [-0.4, -0.2) is 37.0 Å². The van der Waals surface area contributed by atoms with Crippen LogP contribution < -0.4 is 10.2 Å². The number of hydrogen-bond acceptors (Lipinski definition) is 6. The number of carbonyl (C=O) groups excluding carboxylic acids is 2. The minimum Gasteiger partial charge on any atom is -0.449 e. The van der Waals surface area contributed by atoms with E-state index in [1.807, 2.05) is 13.0 Å². The molecule has 1 atom stereocenters. The molecular formula is C19H21N3O5. The van der Waals surface area contributed by atoms with Crippen LogP contribution in [0.15, 0.2) is 42.5 Å². The van der Waals surface area contributed by atoms with Crippen LogP contribution in [0.1, 0.15) is 22.8 Å². The zero-order chi connectivity index (χ0) is 20.1. The van der Waals surface area contributed by atoms with Gasteiger partial charge in [-0.2, -0.15) is 0 Å². The summed E-state index contributed by atoms with van der Waals surface area (Å²) in [5, 5.41) is 13.9. The van der Waals surface area contributed by atoms with Crippen LogP contribution in [-0.2, 0) is 9.53 Å². The van der Waals surface area contributed by atoms with Crippen LogP contribution in [0.25, 0.3) is 0 Å². The first-order valence-corrected chi connectivity index (χ1v) is 8.23. The summed E-state index contributed by atoms with van der Waals surface area (Å²) in [6, 6.07) is 11.2. The molecule has 0 unspecified atom stereocenters. The van der Waals surface area contributed by atoms with Gasteiger partial charge in [0.2, 0.25) is 0 Å². The fourth-order valence-electron chi connectivity index (χ4n) is 2.42. The van der Waals surface area contributed by atoms with E-state index >= 15 is 0 Å². The molecule has 1 amide bonds. The van der Waals surface area contributed by atoms with E-state index in [0.29, 0.717) is 11.4 Å². The van der Waals surface area contributed by atoms with Crippen LogP contribution in [0, 0.1) is 17.0 Å². The van der Waals surface area contributed by atoms with Crippen LogP contribution >= 0.6 is 0 Å².